The van der Waals surface area contributed by atoms with Crippen LogP contribution >= 0.6 is 0 Å². The molecule has 0 aliphatic heterocycles. The van der Waals surface area contributed by atoms with Gasteiger partial charge in [0.25, 0.3) is 0 Å². The van der Waals surface area contributed by atoms with Gasteiger partial charge in [-0.1, -0.05) is 36.4 Å². The third-order valence-electron chi connectivity index (χ3n) is 4.11. The van der Waals surface area contributed by atoms with Gasteiger partial charge in [0, 0.05) is 24.7 Å². The Kier molecular flexibility index (Phi) is 5.99. The molecule has 1 atom stereocenters. The first-order valence-electron chi connectivity index (χ1n) is 7.72. The fourth-order valence-electron chi connectivity index (χ4n) is 2.60. The Bertz CT molecular complexity index is 596. The molecular formula is C19H26N2O. The van der Waals surface area contributed by atoms with Gasteiger partial charge in [-0.15, -0.1) is 0 Å². The van der Waals surface area contributed by atoms with Crippen LogP contribution < -0.4 is 15.4 Å². The van der Waals surface area contributed by atoms with Gasteiger partial charge < -0.3 is 15.4 Å². The van der Waals surface area contributed by atoms with E-state index in [4.69, 9.17) is 4.74 Å². The van der Waals surface area contributed by atoms with Gasteiger partial charge >= 0.3 is 0 Å². The summed E-state index contributed by atoms with van der Waals surface area (Å²) < 4.78 is 5.49. The van der Waals surface area contributed by atoms with Crippen LogP contribution in [0.3, 0.4) is 0 Å². The zero-order chi connectivity index (χ0) is 15.9. The summed E-state index contributed by atoms with van der Waals surface area (Å²) in [6.45, 7) is 5.92. The summed E-state index contributed by atoms with van der Waals surface area (Å²) in [4.78, 5) is 0. The number of nitrogens with one attached hydrogen (secondary N) is 2. The van der Waals surface area contributed by atoms with Crippen molar-refractivity contribution in [3.8, 4) is 5.75 Å². The smallest absolute Gasteiger partial charge is 0.123 e. The topological polar surface area (TPSA) is 33.3 Å². The summed E-state index contributed by atoms with van der Waals surface area (Å²) in [6.07, 6.45) is 0. The minimum Gasteiger partial charge on any atom is -0.496 e. The highest BCUT2D eigenvalue weighted by atomic mass is 16.5. The molecule has 0 fully saturated rings. The van der Waals surface area contributed by atoms with Gasteiger partial charge in [-0.25, -0.2) is 0 Å². The first kappa shape index (κ1) is 16.5. The summed E-state index contributed by atoms with van der Waals surface area (Å²) in [5.74, 6) is 0.955. The first-order chi connectivity index (χ1) is 10.7. The Morgan fingerprint density at radius 2 is 1.73 bits per heavy atom. The van der Waals surface area contributed by atoms with Crippen LogP contribution in [0.25, 0.3) is 0 Å². The normalized spacial score (nSPS) is 12.2. The lowest BCUT2D eigenvalue weighted by atomic mass is 10.0. The van der Waals surface area contributed by atoms with Gasteiger partial charge in [0.2, 0.25) is 0 Å². The first-order valence-corrected chi connectivity index (χ1v) is 7.72. The molecule has 2 aromatic rings. The highest BCUT2D eigenvalue weighted by Crippen LogP contribution is 2.23. The molecule has 0 heterocycles. The fraction of sp³-hybridized carbons (Fsp3) is 0.368. The van der Waals surface area contributed by atoms with Crippen LogP contribution in [0.2, 0.25) is 0 Å². The number of aryl methyl sites for hydroxylation is 2. The summed E-state index contributed by atoms with van der Waals surface area (Å²) in [6, 6.07) is 15.1. The van der Waals surface area contributed by atoms with Crippen LogP contribution in [0.15, 0.2) is 42.5 Å². The molecule has 1 unspecified atom stereocenters. The van der Waals surface area contributed by atoms with Crippen molar-refractivity contribution in [1.82, 2.24) is 10.6 Å². The fourth-order valence-corrected chi connectivity index (χ4v) is 2.60. The molecule has 0 radical (unpaired) electrons. The number of benzene rings is 2. The maximum Gasteiger partial charge on any atom is 0.123 e. The summed E-state index contributed by atoms with van der Waals surface area (Å²) >= 11 is 0. The Morgan fingerprint density at radius 1 is 1.05 bits per heavy atom. The molecule has 3 nitrogen and oxygen atoms in total. The second kappa shape index (κ2) is 7.97. The molecule has 3 heteroatoms. The van der Waals surface area contributed by atoms with Crippen LogP contribution in [0.5, 0.6) is 5.75 Å². The monoisotopic (exact) mass is 298 g/mol. The van der Waals surface area contributed by atoms with Crippen LogP contribution in [0.1, 0.15) is 28.3 Å². The van der Waals surface area contributed by atoms with Gasteiger partial charge in [0.05, 0.1) is 7.11 Å². The van der Waals surface area contributed by atoms with E-state index < -0.39 is 0 Å². The molecule has 0 saturated carbocycles. The number of rotatable bonds is 7. The molecule has 118 valence electrons. The van der Waals surface area contributed by atoms with Gasteiger partial charge in [-0.3, -0.25) is 0 Å². The van der Waals surface area contributed by atoms with E-state index in [0.717, 1.165) is 18.8 Å². The van der Waals surface area contributed by atoms with Crippen molar-refractivity contribution in [2.75, 3.05) is 20.7 Å². The third-order valence-corrected chi connectivity index (χ3v) is 4.11. The summed E-state index contributed by atoms with van der Waals surface area (Å²) in [5.41, 5.74) is 5.06. The number of methoxy groups -OCH3 is 1. The summed E-state index contributed by atoms with van der Waals surface area (Å²) in [7, 11) is 3.73. The highest BCUT2D eigenvalue weighted by Gasteiger charge is 2.10. The van der Waals surface area contributed by atoms with Crippen molar-refractivity contribution in [2.24, 2.45) is 0 Å². The molecule has 22 heavy (non-hydrogen) atoms. The molecule has 0 aliphatic rings. The van der Waals surface area contributed by atoms with Gasteiger partial charge in [0.15, 0.2) is 0 Å². The van der Waals surface area contributed by atoms with E-state index in [-0.39, 0.29) is 0 Å². The van der Waals surface area contributed by atoms with E-state index in [9.17, 15) is 0 Å². The van der Waals surface area contributed by atoms with Gasteiger partial charge in [-0.2, -0.15) is 0 Å². The van der Waals surface area contributed by atoms with Crippen molar-refractivity contribution in [3.63, 3.8) is 0 Å². The molecule has 0 aromatic heterocycles. The van der Waals surface area contributed by atoms with Crippen molar-refractivity contribution < 1.29 is 4.74 Å². The Balaban J connectivity index is 2.00. The van der Waals surface area contributed by atoms with E-state index in [1.54, 1.807) is 7.11 Å². The number of hydrogen-bond acceptors (Lipinski definition) is 3. The van der Waals surface area contributed by atoms with Crippen molar-refractivity contribution >= 4 is 0 Å². The van der Waals surface area contributed by atoms with E-state index in [2.05, 4.69) is 60.9 Å². The standard InChI is InChI=1S/C19H26N2O/c1-14-10-17(19(22-4)11-15(14)2)12-21-13-18(20-3)16-8-6-5-7-9-16/h5-11,18,20-21H,12-13H2,1-4H3. The third kappa shape index (κ3) is 4.09. The lowest BCUT2D eigenvalue weighted by Crippen LogP contribution is -2.29. The number of likely N-dealkylation sites (N-methyl/N-ethyl adjacent to an activating group) is 1. The SMILES string of the molecule is CNC(CNCc1cc(C)c(C)cc1OC)c1ccccc1. The van der Waals surface area contributed by atoms with Gasteiger partial charge in [0.1, 0.15) is 5.75 Å². The highest BCUT2D eigenvalue weighted by molar-refractivity contribution is 5.41. The molecule has 2 aromatic carbocycles. The summed E-state index contributed by atoms with van der Waals surface area (Å²) in [5, 5.41) is 6.89. The Hall–Kier alpha value is -1.84. The molecule has 0 saturated heterocycles. The van der Waals surface area contributed by atoms with Crippen LogP contribution in [-0.4, -0.2) is 20.7 Å². The molecule has 2 N–H and O–H groups in total. The average Bonchev–Trinajstić information content (AvgIpc) is 2.55. The molecule has 0 bridgehead atoms. The zero-order valence-corrected chi connectivity index (χ0v) is 13.9. The van der Waals surface area contributed by atoms with Crippen molar-refractivity contribution in [3.05, 3.63) is 64.7 Å². The molecule has 2 rings (SSSR count). The van der Waals surface area contributed by atoms with E-state index in [0.29, 0.717) is 6.04 Å². The molecule has 0 aliphatic carbocycles. The molecular weight excluding hydrogens is 272 g/mol. The second-order valence-electron chi connectivity index (χ2n) is 5.63. The van der Waals surface area contributed by atoms with Crippen LogP contribution in [-0.2, 0) is 6.54 Å². The number of ether oxygens (including phenoxy) is 1. The Morgan fingerprint density at radius 3 is 2.36 bits per heavy atom. The minimum atomic E-state index is 0.304. The van der Waals surface area contributed by atoms with E-state index >= 15 is 0 Å². The predicted octanol–water partition coefficient (Wildman–Crippen LogP) is 3.36. The lowest BCUT2D eigenvalue weighted by Gasteiger charge is -2.18. The maximum absolute atomic E-state index is 5.49. The van der Waals surface area contributed by atoms with E-state index in [1.165, 1.54) is 22.3 Å². The van der Waals surface area contributed by atoms with Crippen molar-refractivity contribution in [1.29, 1.82) is 0 Å². The van der Waals surface area contributed by atoms with E-state index in [1.807, 2.05) is 13.1 Å². The maximum atomic E-state index is 5.49. The van der Waals surface area contributed by atoms with Crippen LogP contribution in [0.4, 0.5) is 0 Å². The second-order valence-corrected chi connectivity index (χ2v) is 5.63. The van der Waals surface area contributed by atoms with Crippen molar-refractivity contribution in [2.45, 2.75) is 26.4 Å². The largest absolute Gasteiger partial charge is 0.496 e. The minimum absolute atomic E-state index is 0.304. The van der Waals surface area contributed by atoms with Gasteiger partial charge in [-0.05, 0) is 43.7 Å². The number of hydrogen-bond donors (Lipinski definition) is 2. The predicted molar refractivity (Wildman–Crippen MR) is 92.4 cm³/mol. The Labute approximate surface area is 133 Å². The quantitative estimate of drug-likeness (QED) is 0.822. The average molecular weight is 298 g/mol. The zero-order valence-electron chi connectivity index (χ0n) is 13.9. The van der Waals surface area contributed by atoms with Crippen LogP contribution in [0, 0.1) is 13.8 Å². The molecule has 0 amide bonds. The molecule has 0 spiro atoms. The lowest BCUT2D eigenvalue weighted by molar-refractivity contribution is 0.406.